The maximum atomic E-state index is 11.0. The molecule has 0 aromatic heterocycles. The maximum Gasteiger partial charge on any atom is 0.306 e. The lowest BCUT2D eigenvalue weighted by Crippen LogP contribution is -2.25. The Morgan fingerprint density at radius 2 is 2.13 bits per heavy atom. The highest BCUT2D eigenvalue weighted by atomic mass is 16.4. The van der Waals surface area contributed by atoms with Gasteiger partial charge in [0, 0.05) is 6.42 Å². The van der Waals surface area contributed by atoms with Crippen molar-refractivity contribution in [2.24, 2.45) is 11.8 Å². The second kappa shape index (κ2) is 5.70. The van der Waals surface area contributed by atoms with E-state index in [-0.39, 0.29) is 18.3 Å². The summed E-state index contributed by atoms with van der Waals surface area (Å²) in [5.74, 6) is -1.88. The highest BCUT2D eigenvalue weighted by Gasteiger charge is 2.29. The molecule has 0 aromatic rings. The van der Waals surface area contributed by atoms with Crippen LogP contribution in [0.2, 0.25) is 0 Å². The van der Waals surface area contributed by atoms with Crippen molar-refractivity contribution in [3.05, 3.63) is 0 Å². The van der Waals surface area contributed by atoms with Crippen LogP contribution in [0.25, 0.3) is 0 Å². The molecule has 2 atom stereocenters. The Labute approximate surface area is 88.5 Å². The molecular formula is C10H17NO4. The summed E-state index contributed by atoms with van der Waals surface area (Å²) in [7, 11) is 0. The summed E-state index contributed by atoms with van der Waals surface area (Å²) in [5, 5.41) is 20.6. The molecule has 1 saturated heterocycles. The molecule has 1 heterocycles. The van der Waals surface area contributed by atoms with Gasteiger partial charge in [0.25, 0.3) is 0 Å². The fraction of sp³-hybridized carbons (Fsp3) is 0.800. The first-order chi connectivity index (χ1) is 7.11. The molecule has 0 aromatic carbocycles. The van der Waals surface area contributed by atoms with Crippen molar-refractivity contribution in [2.45, 2.75) is 25.7 Å². The molecule has 0 spiro atoms. The third-order valence-electron chi connectivity index (χ3n) is 2.89. The first-order valence-corrected chi connectivity index (χ1v) is 5.26. The van der Waals surface area contributed by atoms with Gasteiger partial charge in [-0.05, 0) is 38.3 Å². The summed E-state index contributed by atoms with van der Waals surface area (Å²) in [6.07, 6.45) is 1.85. The van der Waals surface area contributed by atoms with Gasteiger partial charge in [0.15, 0.2) is 0 Å². The maximum absolute atomic E-state index is 11.0. The Kier molecular flexibility index (Phi) is 4.55. The molecule has 5 heteroatoms. The van der Waals surface area contributed by atoms with Crippen LogP contribution in [0.3, 0.4) is 0 Å². The van der Waals surface area contributed by atoms with Crippen LogP contribution in [0.15, 0.2) is 0 Å². The number of hydrogen-bond acceptors (Lipinski definition) is 3. The van der Waals surface area contributed by atoms with E-state index in [1.807, 2.05) is 0 Å². The fourth-order valence-electron chi connectivity index (χ4n) is 2.05. The van der Waals surface area contributed by atoms with Crippen LogP contribution in [-0.4, -0.2) is 35.2 Å². The van der Waals surface area contributed by atoms with Gasteiger partial charge in [-0.1, -0.05) is 0 Å². The van der Waals surface area contributed by atoms with E-state index >= 15 is 0 Å². The summed E-state index contributed by atoms with van der Waals surface area (Å²) in [6, 6.07) is 0. The van der Waals surface area contributed by atoms with Gasteiger partial charge in [-0.2, -0.15) is 0 Å². The minimum absolute atomic E-state index is 0.0595. The smallest absolute Gasteiger partial charge is 0.306 e. The third-order valence-corrected chi connectivity index (χ3v) is 2.89. The summed E-state index contributed by atoms with van der Waals surface area (Å²) in [6.45, 7) is 1.61. The van der Waals surface area contributed by atoms with Crippen LogP contribution in [0, 0.1) is 11.8 Å². The highest BCUT2D eigenvalue weighted by molar-refractivity contribution is 5.70. The van der Waals surface area contributed by atoms with E-state index in [1.54, 1.807) is 0 Å². The predicted octanol–water partition coefficient (Wildman–Crippen LogP) is 0.552. The van der Waals surface area contributed by atoms with Crippen LogP contribution in [0.5, 0.6) is 0 Å². The Hall–Kier alpha value is -1.10. The molecule has 1 aliphatic rings. The fourth-order valence-corrected chi connectivity index (χ4v) is 2.05. The number of rotatable bonds is 6. The van der Waals surface area contributed by atoms with Gasteiger partial charge < -0.3 is 15.5 Å². The van der Waals surface area contributed by atoms with Crippen molar-refractivity contribution < 1.29 is 19.8 Å². The molecule has 0 saturated carbocycles. The molecule has 0 bridgehead atoms. The standard InChI is InChI=1S/C10H17NO4/c12-9(13)3-1-2-8(10(14)15)7-4-5-11-6-7/h7-8,11H,1-6H2,(H,12,13)(H,14,15)/t7-,8-/m0/s1. The monoisotopic (exact) mass is 215 g/mol. The van der Waals surface area contributed by atoms with Gasteiger partial charge >= 0.3 is 11.9 Å². The molecule has 1 fully saturated rings. The van der Waals surface area contributed by atoms with Crippen molar-refractivity contribution in [3.63, 3.8) is 0 Å². The Morgan fingerprint density at radius 3 is 2.60 bits per heavy atom. The van der Waals surface area contributed by atoms with Crippen LogP contribution in [0.1, 0.15) is 25.7 Å². The van der Waals surface area contributed by atoms with Gasteiger partial charge in [0.2, 0.25) is 0 Å². The summed E-state index contributed by atoms with van der Waals surface area (Å²) in [5.41, 5.74) is 0. The van der Waals surface area contributed by atoms with E-state index in [2.05, 4.69) is 5.32 Å². The van der Waals surface area contributed by atoms with E-state index in [0.717, 1.165) is 19.5 Å². The molecule has 0 aliphatic carbocycles. The molecule has 3 N–H and O–H groups in total. The quantitative estimate of drug-likeness (QED) is 0.602. The molecule has 5 nitrogen and oxygen atoms in total. The molecule has 15 heavy (non-hydrogen) atoms. The number of hydrogen-bond donors (Lipinski definition) is 3. The lowest BCUT2D eigenvalue weighted by molar-refractivity contribution is -0.144. The molecule has 0 radical (unpaired) electrons. The zero-order valence-corrected chi connectivity index (χ0v) is 8.61. The van der Waals surface area contributed by atoms with Crippen molar-refractivity contribution >= 4 is 11.9 Å². The van der Waals surface area contributed by atoms with Crippen molar-refractivity contribution in [2.75, 3.05) is 13.1 Å². The predicted molar refractivity (Wildman–Crippen MR) is 53.6 cm³/mol. The van der Waals surface area contributed by atoms with Crippen LogP contribution >= 0.6 is 0 Å². The van der Waals surface area contributed by atoms with Crippen LogP contribution in [-0.2, 0) is 9.59 Å². The SMILES string of the molecule is O=C(O)CCC[C@H](C(=O)O)[C@H]1CCNC1. The molecule has 0 unspecified atom stereocenters. The average molecular weight is 215 g/mol. The lowest BCUT2D eigenvalue weighted by Gasteiger charge is -2.17. The van der Waals surface area contributed by atoms with Crippen molar-refractivity contribution in [1.29, 1.82) is 0 Å². The van der Waals surface area contributed by atoms with Gasteiger partial charge in [-0.25, -0.2) is 0 Å². The van der Waals surface area contributed by atoms with Crippen LogP contribution in [0.4, 0.5) is 0 Å². The molecule has 1 aliphatic heterocycles. The number of aliphatic carboxylic acids is 2. The number of carboxylic acids is 2. The lowest BCUT2D eigenvalue weighted by atomic mass is 9.87. The van der Waals surface area contributed by atoms with E-state index in [9.17, 15) is 9.59 Å². The minimum Gasteiger partial charge on any atom is -0.481 e. The highest BCUT2D eigenvalue weighted by Crippen LogP contribution is 2.24. The third kappa shape index (κ3) is 3.87. The topological polar surface area (TPSA) is 86.6 Å². The van der Waals surface area contributed by atoms with E-state index in [1.165, 1.54) is 0 Å². The molecule has 1 rings (SSSR count). The Morgan fingerprint density at radius 1 is 1.40 bits per heavy atom. The summed E-state index contributed by atoms with van der Waals surface area (Å²) in [4.78, 5) is 21.3. The number of carbonyl (C=O) groups is 2. The van der Waals surface area contributed by atoms with Gasteiger partial charge in [-0.15, -0.1) is 0 Å². The Balaban J connectivity index is 2.36. The second-order valence-electron chi connectivity index (χ2n) is 3.98. The average Bonchev–Trinajstić information content (AvgIpc) is 2.63. The number of carboxylic acid groups (broad SMARTS) is 2. The minimum atomic E-state index is -0.858. The Bertz CT molecular complexity index is 236. The summed E-state index contributed by atoms with van der Waals surface area (Å²) >= 11 is 0. The van der Waals surface area contributed by atoms with E-state index in [0.29, 0.717) is 12.8 Å². The molecule has 86 valence electrons. The van der Waals surface area contributed by atoms with Crippen molar-refractivity contribution in [1.82, 2.24) is 5.32 Å². The van der Waals surface area contributed by atoms with E-state index < -0.39 is 11.9 Å². The second-order valence-corrected chi connectivity index (χ2v) is 3.98. The largest absolute Gasteiger partial charge is 0.481 e. The van der Waals surface area contributed by atoms with Crippen molar-refractivity contribution in [3.8, 4) is 0 Å². The first kappa shape index (κ1) is 12.0. The summed E-state index contributed by atoms with van der Waals surface area (Å²) < 4.78 is 0. The van der Waals surface area contributed by atoms with E-state index in [4.69, 9.17) is 10.2 Å². The van der Waals surface area contributed by atoms with Gasteiger partial charge in [-0.3, -0.25) is 9.59 Å². The van der Waals surface area contributed by atoms with Crippen LogP contribution < -0.4 is 5.32 Å². The molecule has 0 amide bonds. The zero-order valence-electron chi connectivity index (χ0n) is 8.61. The first-order valence-electron chi connectivity index (χ1n) is 5.26. The van der Waals surface area contributed by atoms with Gasteiger partial charge in [0.05, 0.1) is 5.92 Å². The molecular weight excluding hydrogens is 198 g/mol. The normalized spacial score (nSPS) is 22.5. The van der Waals surface area contributed by atoms with Gasteiger partial charge in [0.1, 0.15) is 0 Å². The number of nitrogens with one attached hydrogen (secondary N) is 1. The zero-order chi connectivity index (χ0) is 11.3.